The highest BCUT2D eigenvalue weighted by atomic mass is 32.2. The lowest BCUT2D eigenvalue weighted by molar-refractivity contribution is -0.133. The van der Waals surface area contributed by atoms with Crippen LogP contribution in [0.2, 0.25) is 0 Å². The molecule has 22 heavy (non-hydrogen) atoms. The summed E-state index contributed by atoms with van der Waals surface area (Å²) in [6, 6.07) is 3.62. The summed E-state index contributed by atoms with van der Waals surface area (Å²) in [5.41, 5.74) is 0. The van der Waals surface area contributed by atoms with Gasteiger partial charge >= 0.3 is 0 Å². The van der Waals surface area contributed by atoms with Crippen LogP contribution in [0.3, 0.4) is 0 Å². The first-order chi connectivity index (χ1) is 10.3. The molecule has 1 aliphatic heterocycles. The molecule has 0 saturated carbocycles. The molecule has 7 heteroatoms. The molecule has 1 fully saturated rings. The Morgan fingerprint density at radius 2 is 2.14 bits per heavy atom. The maximum absolute atomic E-state index is 12.4. The lowest BCUT2D eigenvalue weighted by Crippen LogP contribution is -2.45. The Morgan fingerprint density at radius 1 is 1.41 bits per heavy atom. The fraction of sp³-hybridized carbons (Fsp3) is 0.667. The van der Waals surface area contributed by atoms with Gasteiger partial charge in [0, 0.05) is 12.6 Å². The number of likely N-dealkylation sites (N-methyl/N-ethyl adjacent to an activating group) is 2. The van der Waals surface area contributed by atoms with Crippen molar-refractivity contribution in [3.8, 4) is 0 Å². The highest BCUT2D eigenvalue weighted by Gasteiger charge is 2.33. The summed E-state index contributed by atoms with van der Waals surface area (Å²) in [7, 11) is -1.12. The first-order valence-electron chi connectivity index (χ1n) is 7.54. The Bertz CT molecular complexity index is 623. The van der Waals surface area contributed by atoms with Crippen LogP contribution in [-0.2, 0) is 21.2 Å². The zero-order valence-electron chi connectivity index (χ0n) is 13.4. The molecule has 0 N–H and O–H groups in total. The van der Waals surface area contributed by atoms with Crippen LogP contribution in [0.15, 0.2) is 16.5 Å². The summed E-state index contributed by atoms with van der Waals surface area (Å²) in [5, 5.41) is 0. The molecule has 1 amide bonds. The minimum atomic E-state index is -2.98. The number of hydrogen-bond donors (Lipinski definition) is 0. The van der Waals surface area contributed by atoms with E-state index in [9.17, 15) is 13.2 Å². The standard InChI is InChI=1S/C15H24N2O4S/c1-4-17(13-7-8-22(19,20)11-13)15(18)10-16(3)9-14-6-5-12(2)21-14/h5-6,13H,4,7-11H2,1-3H3. The molecule has 0 aromatic carbocycles. The monoisotopic (exact) mass is 328 g/mol. The van der Waals surface area contributed by atoms with Crippen molar-refractivity contribution in [2.45, 2.75) is 32.9 Å². The second kappa shape index (κ2) is 6.83. The largest absolute Gasteiger partial charge is 0.465 e. The van der Waals surface area contributed by atoms with E-state index in [1.807, 2.05) is 37.9 Å². The van der Waals surface area contributed by atoms with Crippen molar-refractivity contribution >= 4 is 15.7 Å². The van der Waals surface area contributed by atoms with Gasteiger partial charge in [0.1, 0.15) is 11.5 Å². The van der Waals surface area contributed by atoms with E-state index in [1.165, 1.54) is 0 Å². The zero-order chi connectivity index (χ0) is 16.3. The SMILES string of the molecule is CCN(C(=O)CN(C)Cc1ccc(C)o1)C1CCS(=O)(=O)C1. The zero-order valence-corrected chi connectivity index (χ0v) is 14.2. The molecule has 124 valence electrons. The summed E-state index contributed by atoms with van der Waals surface area (Å²) in [5.74, 6) is 1.91. The number of sulfone groups is 1. The Hall–Kier alpha value is -1.34. The highest BCUT2D eigenvalue weighted by Crippen LogP contribution is 2.18. The van der Waals surface area contributed by atoms with Crippen molar-refractivity contribution in [2.75, 3.05) is 31.6 Å². The summed E-state index contributed by atoms with van der Waals surface area (Å²) in [4.78, 5) is 16.0. The lowest BCUT2D eigenvalue weighted by atomic mass is 10.2. The molecule has 1 unspecified atom stereocenters. The molecule has 1 atom stereocenters. The van der Waals surface area contributed by atoms with E-state index >= 15 is 0 Å². The van der Waals surface area contributed by atoms with Crippen LogP contribution >= 0.6 is 0 Å². The molecule has 1 aromatic rings. The molecule has 0 bridgehead atoms. The fourth-order valence-electron chi connectivity index (χ4n) is 2.87. The predicted molar refractivity (Wildman–Crippen MR) is 84.2 cm³/mol. The molecule has 2 rings (SSSR count). The number of carbonyl (C=O) groups excluding carboxylic acids is 1. The fourth-order valence-corrected chi connectivity index (χ4v) is 4.60. The Morgan fingerprint density at radius 3 is 2.64 bits per heavy atom. The van der Waals surface area contributed by atoms with Crippen LogP contribution in [0.5, 0.6) is 0 Å². The van der Waals surface area contributed by atoms with Crippen molar-refractivity contribution in [1.29, 1.82) is 0 Å². The molecular weight excluding hydrogens is 304 g/mol. The van der Waals surface area contributed by atoms with Crippen LogP contribution in [0, 0.1) is 6.92 Å². The Labute approximate surface area is 132 Å². The second-order valence-corrected chi connectivity index (χ2v) is 8.15. The molecular formula is C15H24N2O4S. The van der Waals surface area contributed by atoms with Crippen LogP contribution < -0.4 is 0 Å². The first kappa shape index (κ1) is 17.0. The minimum absolute atomic E-state index is 0.0321. The summed E-state index contributed by atoms with van der Waals surface area (Å²) in [6.45, 7) is 5.11. The van der Waals surface area contributed by atoms with E-state index in [1.54, 1.807) is 4.90 Å². The third-order valence-corrected chi connectivity index (χ3v) is 5.69. The maximum Gasteiger partial charge on any atom is 0.237 e. The topological polar surface area (TPSA) is 70.8 Å². The van der Waals surface area contributed by atoms with Gasteiger partial charge in [-0.15, -0.1) is 0 Å². The van der Waals surface area contributed by atoms with E-state index in [-0.39, 0.29) is 30.0 Å². The van der Waals surface area contributed by atoms with Gasteiger partial charge in [-0.2, -0.15) is 0 Å². The van der Waals surface area contributed by atoms with Gasteiger partial charge in [0.2, 0.25) is 5.91 Å². The number of amides is 1. The Kier molecular flexibility index (Phi) is 5.28. The van der Waals surface area contributed by atoms with Gasteiger partial charge in [-0.1, -0.05) is 0 Å². The van der Waals surface area contributed by atoms with Crippen molar-refractivity contribution in [3.05, 3.63) is 23.7 Å². The molecule has 0 aliphatic carbocycles. The lowest BCUT2D eigenvalue weighted by Gasteiger charge is -2.28. The molecule has 6 nitrogen and oxygen atoms in total. The van der Waals surface area contributed by atoms with E-state index in [2.05, 4.69) is 0 Å². The normalized spacial score (nSPS) is 20.5. The summed E-state index contributed by atoms with van der Waals surface area (Å²) in [6.07, 6.45) is 0.545. The minimum Gasteiger partial charge on any atom is -0.465 e. The summed E-state index contributed by atoms with van der Waals surface area (Å²) < 4.78 is 28.7. The molecule has 0 radical (unpaired) electrons. The van der Waals surface area contributed by atoms with Gasteiger partial charge in [-0.3, -0.25) is 9.69 Å². The van der Waals surface area contributed by atoms with Gasteiger partial charge < -0.3 is 9.32 Å². The Balaban J connectivity index is 1.91. The van der Waals surface area contributed by atoms with Crippen molar-refractivity contribution in [3.63, 3.8) is 0 Å². The third-order valence-electron chi connectivity index (χ3n) is 3.94. The predicted octanol–water partition coefficient (Wildman–Crippen LogP) is 1.06. The number of furan rings is 1. The number of carbonyl (C=O) groups is 1. The first-order valence-corrected chi connectivity index (χ1v) is 9.36. The molecule has 1 aliphatic rings. The van der Waals surface area contributed by atoms with Crippen LogP contribution in [0.1, 0.15) is 24.9 Å². The number of hydrogen-bond acceptors (Lipinski definition) is 5. The van der Waals surface area contributed by atoms with E-state index in [0.29, 0.717) is 19.5 Å². The molecule has 2 heterocycles. The number of rotatable bonds is 6. The van der Waals surface area contributed by atoms with Gasteiger partial charge in [0.25, 0.3) is 0 Å². The van der Waals surface area contributed by atoms with Crippen LogP contribution in [-0.4, -0.2) is 61.8 Å². The van der Waals surface area contributed by atoms with E-state index < -0.39 is 9.84 Å². The average Bonchev–Trinajstić information content (AvgIpc) is 2.96. The average molecular weight is 328 g/mol. The van der Waals surface area contributed by atoms with Crippen molar-refractivity contribution < 1.29 is 17.6 Å². The van der Waals surface area contributed by atoms with Crippen LogP contribution in [0.25, 0.3) is 0 Å². The molecule has 1 aromatic heterocycles. The van der Waals surface area contributed by atoms with Gasteiger partial charge in [0.15, 0.2) is 9.84 Å². The molecule has 0 spiro atoms. The van der Waals surface area contributed by atoms with Gasteiger partial charge in [-0.05, 0) is 39.4 Å². The molecule has 1 saturated heterocycles. The summed E-state index contributed by atoms with van der Waals surface area (Å²) >= 11 is 0. The smallest absolute Gasteiger partial charge is 0.237 e. The second-order valence-electron chi connectivity index (χ2n) is 5.92. The van der Waals surface area contributed by atoms with Crippen LogP contribution in [0.4, 0.5) is 0 Å². The number of nitrogens with zero attached hydrogens (tertiary/aromatic N) is 2. The van der Waals surface area contributed by atoms with Crippen molar-refractivity contribution in [1.82, 2.24) is 9.80 Å². The van der Waals surface area contributed by atoms with Gasteiger partial charge in [0.05, 0.1) is 24.6 Å². The van der Waals surface area contributed by atoms with Gasteiger partial charge in [-0.25, -0.2) is 8.42 Å². The van der Waals surface area contributed by atoms with E-state index in [0.717, 1.165) is 11.5 Å². The quantitative estimate of drug-likeness (QED) is 0.781. The number of aryl methyl sites for hydroxylation is 1. The highest BCUT2D eigenvalue weighted by molar-refractivity contribution is 7.91. The maximum atomic E-state index is 12.4. The third kappa shape index (κ3) is 4.33. The van der Waals surface area contributed by atoms with Crippen molar-refractivity contribution in [2.24, 2.45) is 0 Å². The van der Waals surface area contributed by atoms with E-state index in [4.69, 9.17) is 4.42 Å².